The minimum absolute atomic E-state index is 0. The summed E-state index contributed by atoms with van der Waals surface area (Å²) in [4.78, 5) is 0. The summed E-state index contributed by atoms with van der Waals surface area (Å²) in [6, 6.07) is 179. The Morgan fingerprint density at radius 2 is 0.167 bits per heavy atom. The lowest BCUT2D eigenvalue weighted by Gasteiger charge is -2.33. The number of rotatable bonds is 32. The van der Waals surface area contributed by atoms with Gasteiger partial charge in [-0.2, -0.15) is 0 Å². The first-order valence-electron chi connectivity index (χ1n) is 43.5. The molecule has 16 rings (SSSR count). The zero-order valence-corrected chi connectivity index (χ0v) is 87.0. The van der Waals surface area contributed by atoms with E-state index in [2.05, 4.69) is 538 Å². The first-order chi connectivity index (χ1) is 60.5. The molecule has 0 amide bonds. The van der Waals surface area contributed by atoms with Gasteiger partial charge in [-0.15, -0.1) is 0 Å². The molecule has 0 atom stereocenters. The highest BCUT2D eigenvalue weighted by Gasteiger charge is 2.36. The summed E-state index contributed by atoms with van der Waals surface area (Å²) >= 11 is 0. The van der Waals surface area contributed by atoms with Gasteiger partial charge in [0.05, 0.1) is 32.3 Å². The van der Waals surface area contributed by atoms with Crippen molar-refractivity contribution in [1.82, 2.24) is 0 Å². The van der Waals surface area contributed by atoms with Gasteiger partial charge < -0.3 is 27.0 Å². The zero-order valence-electron chi connectivity index (χ0n) is 74.2. The van der Waals surface area contributed by atoms with Gasteiger partial charge in [-0.3, -0.25) is 0 Å². The Hall–Kier alpha value is -7.47. The van der Waals surface area contributed by atoms with E-state index in [4.69, 9.17) is 0 Å². The van der Waals surface area contributed by atoms with Crippen molar-refractivity contribution in [3.63, 3.8) is 0 Å². The van der Waals surface area contributed by atoms with Crippen molar-refractivity contribution >= 4 is 208 Å². The largest absolute Gasteiger partial charge is 2.00 e. The molecule has 14 heteroatoms. The Morgan fingerprint density at radius 3 is 0.222 bits per heavy atom. The van der Waals surface area contributed by atoms with E-state index in [1.165, 1.54) is 131 Å². The van der Waals surface area contributed by atoms with Gasteiger partial charge in [-0.1, -0.05) is 538 Å². The summed E-state index contributed by atoms with van der Waals surface area (Å²) in [7, 11) is -8.69. The topological polar surface area (TPSA) is 0 Å². The van der Waals surface area contributed by atoms with Crippen LogP contribution in [-0.4, -0.2) is 78.6 Å². The first-order valence-corrected chi connectivity index (χ1v) is 69.4. The van der Waals surface area contributed by atoms with Crippen LogP contribution in [0.15, 0.2) is 485 Å². The summed E-state index contributed by atoms with van der Waals surface area (Å²) in [6.45, 7) is 20.9. The van der Waals surface area contributed by atoms with Crippen molar-refractivity contribution in [3.05, 3.63) is 485 Å². The van der Waals surface area contributed by atoms with Crippen molar-refractivity contribution in [2.45, 2.75) is 52.4 Å². The van der Waals surface area contributed by atoms with Crippen LogP contribution in [-0.2, 0) is 27.0 Å². The molecule has 640 valence electrons. The van der Waals surface area contributed by atoms with Crippen LogP contribution in [0.4, 0.5) is 0 Å². The lowest BCUT2D eigenvalue weighted by molar-refractivity contribution is 1.61. The maximum absolute atomic E-state index is 2.61. The fourth-order valence-electron chi connectivity index (χ4n) is 16.0. The molecular weight excluding hydrogens is 1770 g/mol. The van der Waals surface area contributed by atoms with Gasteiger partial charge in [0.2, 0.25) is 0 Å². The Bertz CT molecular complexity index is 4270. The third-order valence-electron chi connectivity index (χ3n) is 21.8. The third kappa shape index (κ3) is 30.9. The Balaban J connectivity index is 0.000000162. The Morgan fingerprint density at radius 1 is 0.111 bits per heavy atom. The fourth-order valence-corrected chi connectivity index (χ4v) is 71.2. The van der Waals surface area contributed by atoms with Gasteiger partial charge in [0.15, 0.2) is 0 Å². The summed E-state index contributed by atoms with van der Waals surface area (Å²) in [6.07, 6.45) is 0. The minimum Gasteiger partial charge on any atom is -2.00 e. The summed E-state index contributed by atoms with van der Waals surface area (Å²) in [5, 5.41) is 24.1. The van der Waals surface area contributed by atoms with E-state index in [1.807, 2.05) is 0 Å². The zero-order chi connectivity index (χ0) is 86.1. The van der Waals surface area contributed by atoms with Crippen LogP contribution in [0.2, 0.25) is 52.4 Å². The normalized spacial score (nSPS) is 11.6. The lowest BCUT2D eigenvalue weighted by atomic mass is 10.4. The van der Waals surface area contributed by atoms with Gasteiger partial charge in [-0.05, 0) is 195 Å². The Labute approximate surface area is 784 Å². The molecule has 0 aliphatic heterocycles. The van der Waals surface area contributed by atoms with Crippen molar-refractivity contribution < 1.29 is 0 Å². The molecule has 0 saturated carbocycles. The predicted octanol–water partition coefficient (Wildman–Crippen LogP) is 24.2. The summed E-state index contributed by atoms with van der Waals surface area (Å²) in [5.74, 6) is 10.6. The number of benzene rings is 16. The maximum Gasteiger partial charge on any atom is 0.0572 e. The SMILES string of the molecule is C[Si](C)(CP(c1ccccc1)c1ccccc1)CP(c1ccccc1)c1ccccc1.C[Si](C)(CP(c1ccccc1)c1ccccc1)CP(c1ccccc1)c1ccccc1.C[Si](C)(CP(c1ccccc1)c1ccccc1)CP(c1ccccc1)c1ccccc1.C[Si](C)(CP(c1ccccc1)c1ccccc1)CP(c1ccccc1)c1ccccc1.[S-2].[S-2]. The van der Waals surface area contributed by atoms with Crippen molar-refractivity contribution in [1.29, 1.82) is 0 Å². The second-order valence-electron chi connectivity index (χ2n) is 34.7. The molecule has 0 aliphatic rings. The molecule has 16 aromatic carbocycles. The third-order valence-corrected chi connectivity index (χ3v) is 74.0. The highest BCUT2D eigenvalue weighted by molar-refractivity contribution is 7.80. The summed E-state index contributed by atoms with van der Waals surface area (Å²) in [5.41, 5.74) is 0. The molecule has 0 radical (unpaired) electrons. The lowest BCUT2D eigenvalue weighted by Crippen LogP contribution is -2.40. The summed E-state index contributed by atoms with van der Waals surface area (Å²) < 4.78 is 0. The predicted molar refractivity (Wildman–Crippen MR) is 596 cm³/mol. The minimum atomic E-state index is -1.50. The van der Waals surface area contributed by atoms with E-state index in [9.17, 15) is 0 Å². The highest BCUT2D eigenvalue weighted by Crippen LogP contribution is 2.48. The molecule has 0 bridgehead atoms. The molecule has 0 N–H and O–H groups in total. The monoisotopic (exact) mass is 1890 g/mol. The van der Waals surface area contributed by atoms with Crippen molar-refractivity contribution in [2.24, 2.45) is 0 Å². The number of hydrogen-bond donors (Lipinski definition) is 0. The molecule has 16 aromatic rings. The van der Waals surface area contributed by atoms with Crippen LogP contribution < -0.4 is 84.9 Å². The molecule has 0 aliphatic carbocycles. The van der Waals surface area contributed by atoms with Crippen LogP contribution in [0.1, 0.15) is 0 Å². The molecule has 0 aromatic heterocycles. The Kier molecular flexibility index (Phi) is 40.3. The molecule has 0 fully saturated rings. The molecule has 0 nitrogen and oxygen atoms in total. The van der Waals surface area contributed by atoms with Gasteiger partial charge in [0.25, 0.3) is 0 Å². The van der Waals surface area contributed by atoms with Crippen LogP contribution in [0.5, 0.6) is 0 Å². The van der Waals surface area contributed by atoms with Gasteiger partial charge in [0, 0.05) is 0 Å². The average Bonchev–Trinajstić information content (AvgIpc) is 0.818. The quantitative estimate of drug-likeness (QED) is 0.0291. The van der Waals surface area contributed by atoms with E-state index >= 15 is 0 Å². The molecule has 0 spiro atoms. The number of hydrogen-bond acceptors (Lipinski definition) is 0. The smallest absolute Gasteiger partial charge is 0.0572 e. The van der Waals surface area contributed by atoms with Crippen molar-refractivity contribution in [2.75, 3.05) is 46.3 Å². The second-order valence-corrected chi connectivity index (χ2v) is 77.3. The van der Waals surface area contributed by atoms with Crippen LogP contribution in [0.25, 0.3) is 0 Å². The molecular formula is C112H120P8S2Si4-4. The van der Waals surface area contributed by atoms with Gasteiger partial charge in [-0.25, -0.2) is 0 Å². The maximum atomic E-state index is 2.61. The first kappa shape index (κ1) is 99.1. The van der Waals surface area contributed by atoms with E-state index in [1.54, 1.807) is 0 Å². The van der Waals surface area contributed by atoms with Crippen molar-refractivity contribution in [3.8, 4) is 0 Å². The van der Waals surface area contributed by atoms with Crippen LogP contribution >= 0.6 is 63.4 Å². The van der Waals surface area contributed by atoms with E-state index in [0.29, 0.717) is 0 Å². The van der Waals surface area contributed by atoms with Gasteiger partial charge in [0.1, 0.15) is 0 Å². The molecule has 0 heterocycles. The van der Waals surface area contributed by atoms with E-state index < -0.39 is 32.3 Å². The van der Waals surface area contributed by atoms with Gasteiger partial charge >= 0.3 is 0 Å². The molecule has 126 heavy (non-hydrogen) atoms. The highest BCUT2D eigenvalue weighted by atomic mass is 32.1. The van der Waals surface area contributed by atoms with E-state index in [-0.39, 0.29) is 90.4 Å². The van der Waals surface area contributed by atoms with Crippen LogP contribution in [0.3, 0.4) is 0 Å². The standard InChI is InChI=1S/4C28H30P2Si.2S/c4*1-31(2,23-29(25-15-7-3-8-16-25)26-17-9-4-10-18-26)24-30(27-19-11-5-12-20-27)28-21-13-6-14-22-28;;/h4*3-22H,23-24H2,1-2H3;;/q;;;;2*-2. The second kappa shape index (κ2) is 51.2. The molecule has 0 unspecified atom stereocenters. The van der Waals surface area contributed by atoms with Crippen LogP contribution in [0, 0.1) is 0 Å². The average molecular weight is 1890 g/mol. The fraction of sp³-hybridized carbons (Fsp3) is 0.143. The molecule has 0 saturated heterocycles. The van der Waals surface area contributed by atoms with E-state index in [0.717, 1.165) is 0 Å².